The molecule has 3 heteroatoms. The molecular formula is C15H18N2O. The lowest BCUT2D eigenvalue weighted by atomic mass is 10.2. The van der Waals surface area contributed by atoms with Gasteiger partial charge in [0.2, 0.25) is 0 Å². The first-order valence-corrected chi connectivity index (χ1v) is 6.13. The van der Waals surface area contributed by atoms with Crippen LogP contribution in [0.25, 0.3) is 0 Å². The van der Waals surface area contributed by atoms with E-state index in [1.54, 1.807) is 0 Å². The van der Waals surface area contributed by atoms with E-state index < -0.39 is 0 Å². The summed E-state index contributed by atoms with van der Waals surface area (Å²) in [6, 6.07) is 14.2. The number of aryl methyl sites for hydroxylation is 1. The Bertz CT molecular complexity index is 497. The van der Waals surface area contributed by atoms with Gasteiger partial charge in [-0.15, -0.1) is 0 Å². The van der Waals surface area contributed by atoms with E-state index in [4.69, 9.17) is 10.5 Å². The SMILES string of the molecule is Cc1ccc(OCCc2ccccc2)c(CN)n1. The number of rotatable bonds is 5. The molecule has 0 fully saturated rings. The number of pyridine rings is 1. The van der Waals surface area contributed by atoms with E-state index in [2.05, 4.69) is 17.1 Å². The second kappa shape index (κ2) is 6.17. The standard InChI is InChI=1S/C15H18N2O/c1-12-7-8-15(14(11-16)17-12)18-10-9-13-5-3-2-4-6-13/h2-8H,9-11,16H2,1H3. The molecule has 0 atom stereocenters. The molecule has 18 heavy (non-hydrogen) atoms. The predicted octanol–water partition coefficient (Wildman–Crippen LogP) is 2.47. The van der Waals surface area contributed by atoms with Gasteiger partial charge in [0.25, 0.3) is 0 Å². The maximum Gasteiger partial charge on any atom is 0.142 e. The molecule has 2 aromatic rings. The van der Waals surface area contributed by atoms with Crippen molar-refractivity contribution < 1.29 is 4.74 Å². The lowest BCUT2D eigenvalue weighted by molar-refractivity contribution is 0.316. The summed E-state index contributed by atoms with van der Waals surface area (Å²) in [4.78, 5) is 4.37. The topological polar surface area (TPSA) is 48.1 Å². The van der Waals surface area contributed by atoms with Crippen molar-refractivity contribution in [1.29, 1.82) is 0 Å². The van der Waals surface area contributed by atoms with E-state index in [0.29, 0.717) is 13.2 Å². The zero-order valence-electron chi connectivity index (χ0n) is 10.6. The Morgan fingerprint density at radius 1 is 1.11 bits per heavy atom. The molecule has 0 bridgehead atoms. The second-order valence-electron chi connectivity index (χ2n) is 4.19. The Balaban J connectivity index is 1.94. The van der Waals surface area contributed by atoms with Gasteiger partial charge in [0.05, 0.1) is 12.3 Å². The van der Waals surface area contributed by atoms with Gasteiger partial charge in [-0.1, -0.05) is 30.3 Å². The lowest BCUT2D eigenvalue weighted by Gasteiger charge is -2.10. The van der Waals surface area contributed by atoms with Crippen molar-refractivity contribution >= 4 is 0 Å². The molecule has 2 N–H and O–H groups in total. The number of nitrogens with two attached hydrogens (primary N) is 1. The van der Waals surface area contributed by atoms with Crippen molar-refractivity contribution in [2.45, 2.75) is 19.9 Å². The van der Waals surface area contributed by atoms with Crippen LogP contribution in [-0.4, -0.2) is 11.6 Å². The highest BCUT2D eigenvalue weighted by Gasteiger charge is 2.04. The molecule has 3 nitrogen and oxygen atoms in total. The summed E-state index contributed by atoms with van der Waals surface area (Å²) in [6.45, 7) is 3.00. The molecule has 0 aliphatic rings. The quantitative estimate of drug-likeness (QED) is 0.876. The molecule has 1 aromatic heterocycles. The first kappa shape index (κ1) is 12.6. The third-order valence-corrected chi connectivity index (χ3v) is 2.76. The van der Waals surface area contributed by atoms with Crippen LogP contribution < -0.4 is 10.5 Å². The molecule has 0 aliphatic heterocycles. The number of aromatic nitrogens is 1. The summed E-state index contributed by atoms with van der Waals surface area (Å²) < 4.78 is 5.74. The molecule has 94 valence electrons. The molecule has 0 unspecified atom stereocenters. The first-order valence-electron chi connectivity index (χ1n) is 6.13. The maximum absolute atomic E-state index is 5.74. The van der Waals surface area contributed by atoms with Gasteiger partial charge in [-0.2, -0.15) is 0 Å². The second-order valence-corrected chi connectivity index (χ2v) is 4.19. The summed E-state index contributed by atoms with van der Waals surface area (Å²) in [6.07, 6.45) is 0.888. The Labute approximate surface area is 108 Å². The molecule has 0 amide bonds. The third kappa shape index (κ3) is 3.31. The Kier molecular flexibility index (Phi) is 4.31. The monoisotopic (exact) mass is 242 g/mol. The smallest absolute Gasteiger partial charge is 0.142 e. The highest BCUT2D eigenvalue weighted by atomic mass is 16.5. The summed E-state index contributed by atoms with van der Waals surface area (Å²) in [5.41, 5.74) is 8.72. The van der Waals surface area contributed by atoms with Crippen molar-refractivity contribution in [3.05, 3.63) is 59.4 Å². The molecule has 0 saturated heterocycles. The van der Waals surface area contributed by atoms with Crippen molar-refractivity contribution in [3.63, 3.8) is 0 Å². The molecular weight excluding hydrogens is 224 g/mol. The van der Waals surface area contributed by atoms with Gasteiger partial charge in [-0.05, 0) is 24.6 Å². The Morgan fingerprint density at radius 2 is 1.89 bits per heavy atom. The van der Waals surface area contributed by atoms with Gasteiger partial charge in [0.1, 0.15) is 5.75 Å². The number of hydrogen-bond donors (Lipinski definition) is 1. The molecule has 0 aliphatic carbocycles. The maximum atomic E-state index is 5.74. The van der Waals surface area contributed by atoms with Crippen LogP contribution in [0.5, 0.6) is 5.75 Å². The largest absolute Gasteiger partial charge is 0.491 e. The van der Waals surface area contributed by atoms with Crippen molar-refractivity contribution in [1.82, 2.24) is 4.98 Å². The third-order valence-electron chi connectivity index (χ3n) is 2.76. The van der Waals surface area contributed by atoms with Gasteiger partial charge in [0.15, 0.2) is 0 Å². The number of ether oxygens (including phenoxy) is 1. The van der Waals surface area contributed by atoms with E-state index in [9.17, 15) is 0 Å². The minimum Gasteiger partial charge on any atom is -0.491 e. The van der Waals surface area contributed by atoms with E-state index in [1.807, 2.05) is 37.3 Å². The van der Waals surface area contributed by atoms with Crippen LogP contribution in [0.2, 0.25) is 0 Å². The van der Waals surface area contributed by atoms with Crippen LogP contribution in [0, 0.1) is 6.92 Å². The molecule has 2 rings (SSSR count). The van der Waals surface area contributed by atoms with E-state index >= 15 is 0 Å². The average Bonchev–Trinajstić information content (AvgIpc) is 2.41. The van der Waals surface area contributed by atoms with Crippen molar-refractivity contribution in [3.8, 4) is 5.75 Å². The Hall–Kier alpha value is -1.87. The molecule has 0 saturated carbocycles. The molecule has 1 heterocycles. The highest BCUT2D eigenvalue weighted by molar-refractivity contribution is 5.29. The van der Waals surface area contributed by atoms with Gasteiger partial charge in [-0.25, -0.2) is 0 Å². The minimum absolute atomic E-state index is 0.405. The number of hydrogen-bond acceptors (Lipinski definition) is 3. The van der Waals surface area contributed by atoms with E-state index in [-0.39, 0.29) is 0 Å². The van der Waals surface area contributed by atoms with Gasteiger partial charge < -0.3 is 10.5 Å². The normalized spacial score (nSPS) is 10.3. The van der Waals surface area contributed by atoms with Crippen molar-refractivity contribution in [2.24, 2.45) is 5.73 Å². The fourth-order valence-corrected chi connectivity index (χ4v) is 1.80. The minimum atomic E-state index is 0.405. The fraction of sp³-hybridized carbons (Fsp3) is 0.267. The fourth-order valence-electron chi connectivity index (χ4n) is 1.80. The highest BCUT2D eigenvalue weighted by Crippen LogP contribution is 2.16. The zero-order chi connectivity index (χ0) is 12.8. The average molecular weight is 242 g/mol. The summed E-state index contributed by atoms with van der Waals surface area (Å²) in [5, 5.41) is 0. The van der Waals surface area contributed by atoms with Crippen LogP contribution in [-0.2, 0) is 13.0 Å². The van der Waals surface area contributed by atoms with Gasteiger partial charge in [-0.3, -0.25) is 4.98 Å². The van der Waals surface area contributed by atoms with E-state index in [1.165, 1.54) is 5.56 Å². The molecule has 0 spiro atoms. The first-order chi connectivity index (χ1) is 8.79. The van der Waals surface area contributed by atoms with Crippen LogP contribution in [0.1, 0.15) is 17.0 Å². The number of benzene rings is 1. The summed E-state index contributed by atoms with van der Waals surface area (Å²) in [7, 11) is 0. The lowest BCUT2D eigenvalue weighted by Crippen LogP contribution is -2.08. The van der Waals surface area contributed by atoms with Gasteiger partial charge >= 0.3 is 0 Å². The van der Waals surface area contributed by atoms with Gasteiger partial charge in [0, 0.05) is 18.7 Å². The van der Waals surface area contributed by atoms with Crippen LogP contribution in [0.3, 0.4) is 0 Å². The van der Waals surface area contributed by atoms with Crippen LogP contribution in [0.15, 0.2) is 42.5 Å². The zero-order valence-corrected chi connectivity index (χ0v) is 10.6. The summed E-state index contributed by atoms with van der Waals surface area (Å²) >= 11 is 0. The predicted molar refractivity (Wildman–Crippen MR) is 72.5 cm³/mol. The van der Waals surface area contributed by atoms with Crippen LogP contribution in [0.4, 0.5) is 0 Å². The molecule has 0 radical (unpaired) electrons. The van der Waals surface area contributed by atoms with E-state index in [0.717, 1.165) is 23.6 Å². The number of nitrogens with zero attached hydrogens (tertiary/aromatic N) is 1. The van der Waals surface area contributed by atoms with Crippen molar-refractivity contribution in [2.75, 3.05) is 6.61 Å². The Morgan fingerprint density at radius 3 is 2.61 bits per heavy atom. The summed E-state index contributed by atoms with van der Waals surface area (Å²) in [5.74, 6) is 0.791. The molecule has 1 aromatic carbocycles. The van der Waals surface area contributed by atoms with Crippen LogP contribution >= 0.6 is 0 Å².